The second-order valence-electron chi connectivity index (χ2n) is 5.03. The molecule has 2 aromatic carbocycles. The van der Waals surface area contributed by atoms with Gasteiger partial charge in [0.2, 0.25) is 0 Å². The van der Waals surface area contributed by atoms with Crippen molar-refractivity contribution in [3.63, 3.8) is 0 Å². The van der Waals surface area contributed by atoms with Gasteiger partial charge in [-0.3, -0.25) is 10.1 Å². The number of amidine groups is 1. The van der Waals surface area contributed by atoms with Gasteiger partial charge < -0.3 is 5.73 Å². The maximum Gasteiger partial charge on any atom is 0.284 e. The number of rotatable bonds is 3. The molecule has 1 aliphatic rings. The second kappa shape index (κ2) is 6.91. The molecule has 6 nitrogen and oxygen atoms in total. The smallest absolute Gasteiger partial charge is 0.284 e. The number of hydrogen-bond donors (Lipinski definition) is 2. The molecule has 0 radical (unpaired) electrons. The molecular weight excluding hydrogens is 382 g/mol. The molecule has 1 fully saturated rings. The highest BCUT2D eigenvalue weighted by molar-refractivity contribution is 8.19. The maximum absolute atomic E-state index is 12.3. The van der Waals surface area contributed by atoms with E-state index in [0.29, 0.717) is 21.2 Å². The Morgan fingerprint density at radius 3 is 2.48 bits per heavy atom. The van der Waals surface area contributed by atoms with Gasteiger partial charge in [-0.15, -0.1) is 4.40 Å². The Kier molecular flexibility index (Phi) is 4.85. The Morgan fingerprint density at radius 2 is 1.80 bits per heavy atom. The van der Waals surface area contributed by atoms with E-state index in [1.165, 1.54) is 24.3 Å². The molecule has 2 aromatic rings. The Hall–Kier alpha value is -2.29. The minimum atomic E-state index is -3.94. The van der Waals surface area contributed by atoms with E-state index in [1.807, 2.05) is 0 Å². The molecule has 3 rings (SSSR count). The van der Waals surface area contributed by atoms with Gasteiger partial charge in [-0.25, -0.2) is 0 Å². The Morgan fingerprint density at radius 1 is 1.12 bits per heavy atom. The first kappa shape index (κ1) is 17.5. The lowest BCUT2D eigenvalue weighted by Gasteiger charge is -2.00. The summed E-state index contributed by atoms with van der Waals surface area (Å²) >= 11 is 7.00. The van der Waals surface area contributed by atoms with Crippen molar-refractivity contribution in [1.82, 2.24) is 5.32 Å². The highest BCUT2D eigenvalue weighted by atomic mass is 35.5. The lowest BCUT2D eigenvalue weighted by Crippen LogP contribution is -2.20. The predicted octanol–water partition coefficient (Wildman–Crippen LogP) is 2.87. The fourth-order valence-electron chi connectivity index (χ4n) is 2.01. The van der Waals surface area contributed by atoms with Crippen LogP contribution in [-0.2, 0) is 14.8 Å². The van der Waals surface area contributed by atoms with Crippen LogP contribution in [0.1, 0.15) is 5.56 Å². The molecule has 1 amide bonds. The summed E-state index contributed by atoms with van der Waals surface area (Å²) in [6, 6.07) is 12.7. The van der Waals surface area contributed by atoms with E-state index in [1.54, 1.807) is 30.3 Å². The first-order valence-corrected chi connectivity index (χ1v) is 9.64. The normalized spacial score (nSPS) is 17.9. The van der Waals surface area contributed by atoms with Crippen molar-refractivity contribution in [3.8, 4) is 0 Å². The van der Waals surface area contributed by atoms with Crippen molar-refractivity contribution >= 4 is 56.2 Å². The van der Waals surface area contributed by atoms with Gasteiger partial charge in [0.25, 0.3) is 15.9 Å². The molecule has 0 aliphatic carbocycles. The molecule has 9 heteroatoms. The Balaban J connectivity index is 1.88. The zero-order valence-corrected chi connectivity index (χ0v) is 15.0. The van der Waals surface area contributed by atoms with Crippen LogP contribution < -0.4 is 11.1 Å². The third kappa shape index (κ3) is 4.04. The second-order valence-corrected chi connectivity index (χ2v) is 8.07. The minimum absolute atomic E-state index is 0.00687. The number of halogens is 1. The zero-order valence-electron chi connectivity index (χ0n) is 12.6. The largest absolute Gasteiger partial charge is 0.399 e. The molecule has 0 bridgehead atoms. The fraction of sp³-hybridized carbons (Fsp3) is 0. The van der Waals surface area contributed by atoms with Crippen molar-refractivity contribution in [2.75, 3.05) is 5.73 Å². The Labute approximate surface area is 153 Å². The maximum atomic E-state index is 12.3. The first-order valence-electron chi connectivity index (χ1n) is 7.01. The summed E-state index contributed by atoms with van der Waals surface area (Å²) in [5.74, 6) is -0.434. The van der Waals surface area contributed by atoms with Gasteiger partial charge in [0, 0.05) is 10.7 Å². The molecule has 3 N–H and O–H groups in total. The minimum Gasteiger partial charge on any atom is -0.399 e. The van der Waals surface area contributed by atoms with Crippen LogP contribution in [0.3, 0.4) is 0 Å². The quantitative estimate of drug-likeness (QED) is 0.616. The van der Waals surface area contributed by atoms with Gasteiger partial charge in [-0.1, -0.05) is 29.8 Å². The zero-order chi connectivity index (χ0) is 18.0. The fourth-order valence-corrected chi connectivity index (χ4v) is 4.17. The van der Waals surface area contributed by atoms with E-state index in [4.69, 9.17) is 17.3 Å². The molecule has 0 saturated carbocycles. The Bertz CT molecular complexity index is 1000. The highest BCUT2D eigenvalue weighted by Gasteiger charge is 2.26. The number of nitrogens with two attached hydrogens (primary N) is 1. The molecule has 0 aromatic heterocycles. The summed E-state index contributed by atoms with van der Waals surface area (Å²) in [4.78, 5) is 12.3. The molecule has 0 atom stereocenters. The molecule has 25 heavy (non-hydrogen) atoms. The number of nitrogen functional groups attached to an aromatic ring is 1. The average Bonchev–Trinajstić information content (AvgIpc) is 2.88. The van der Waals surface area contributed by atoms with Crippen molar-refractivity contribution in [2.45, 2.75) is 4.90 Å². The van der Waals surface area contributed by atoms with Crippen LogP contribution in [0, 0.1) is 0 Å². The molecule has 128 valence electrons. The summed E-state index contributed by atoms with van der Waals surface area (Å²) in [7, 11) is -3.94. The number of carbonyl (C=O) groups excluding carboxylic acids is 1. The van der Waals surface area contributed by atoms with E-state index in [2.05, 4.69) is 9.71 Å². The monoisotopic (exact) mass is 393 g/mol. The van der Waals surface area contributed by atoms with Crippen molar-refractivity contribution in [2.24, 2.45) is 4.40 Å². The summed E-state index contributed by atoms with van der Waals surface area (Å²) < 4.78 is 28.3. The van der Waals surface area contributed by atoms with E-state index in [9.17, 15) is 13.2 Å². The number of nitrogens with one attached hydrogen (secondary N) is 1. The van der Waals surface area contributed by atoms with Gasteiger partial charge in [0.05, 0.1) is 9.80 Å². The number of carbonyl (C=O) groups is 1. The van der Waals surface area contributed by atoms with Crippen LogP contribution in [0.25, 0.3) is 6.08 Å². The van der Waals surface area contributed by atoms with Crippen molar-refractivity contribution in [1.29, 1.82) is 0 Å². The van der Waals surface area contributed by atoms with Crippen LogP contribution >= 0.6 is 23.4 Å². The summed E-state index contributed by atoms with van der Waals surface area (Å²) in [6.07, 6.45) is 1.58. The van der Waals surface area contributed by atoms with Gasteiger partial charge in [0.15, 0.2) is 5.17 Å². The van der Waals surface area contributed by atoms with Crippen LogP contribution in [0.2, 0.25) is 5.02 Å². The summed E-state index contributed by atoms with van der Waals surface area (Å²) in [5.41, 5.74) is 6.65. The van der Waals surface area contributed by atoms with Crippen molar-refractivity contribution in [3.05, 3.63) is 64.0 Å². The third-order valence-electron chi connectivity index (χ3n) is 3.22. The SMILES string of the molecule is Nc1ccc(S(=O)(=O)/N=C2\NC(=O)/C(=C/c3ccccc3Cl)S2)cc1. The standard InChI is InChI=1S/C16H12ClN3O3S2/c17-13-4-2-1-3-10(13)9-14-15(21)19-16(24-14)20-25(22,23)12-7-5-11(18)6-8-12/h1-9H,18H2,(H,19,20,21)/b14-9-. The lowest BCUT2D eigenvalue weighted by molar-refractivity contribution is -0.115. The lowest BCUT2D eigenvalue weighted by atomic mass is 10.2. The van der Waals surface area contributed by atoms with Gasteiger partial charge in [-0.05, 0) is 53.7 Å². The number of nitrogens with zero attached hydrogens (tertiary/aromatic N) is 1. The van der Waals surface area contributed by atoms with Crippen LogP contribution in [0.4, 0.5) is 5.69 Å². The average molecular weight is 394 g/mol. The molecular formula is C16H12ClN3O3S2. The first-order chi connectivity index (χ1) is 11.8. The number of hydrogen-bond acceptors (Lipinski definition) is 5. The van der Waals surface area contributed by atoms with Crippen LogP contribution in [0.15, 0.2) is 62.7 Å². The molecule has 1 heterocycles. The third-order valence-corrected chi connectivity index (χ3v) is 5.88. The van der Waals surface area contributed by atoms with Crippen molar-refractivity contribution < 1.29 is 13.2 Å². The number of anilines is 1. The molecule has 1 saturated heterocycles. The van der Waals surface area contributed by atoms with Gasteiger partial charge >= 0.3 is 0 Å². The van der Waals surface area contributed by atoms with E-state index in [0.717, 1.165) is 11.8 Å². The van der Waals surface area contributed by atoms with Crippen LogP contribution in [-0.4, -0.2) is 19.5 Å². The predicted molar refractivity (Wildman–Crippen MR) is 101 cm³/mol. The summed E-state index contributed by atoms with van der Waals surface area (Å²) in [5, 5.41) is 2.92. The number of thioether (sulfide) groups is 1. The molecule has 0 unspecified atom stereocenters. The van der Waals surface area contributed by atoms with E-state index >= 15 is 0 Å². The van der Waals surface area contributed by atoms with Gasteiger partial charge in [0.1, 0.15) is 0 Å². The highest BCUT2D eigenvalue weighted by Crippen LogP contribution is 2.29. The molecule has 1 aliphatic heterocycles. The summed E-state index contributed by atoms with van der Waals surface area (Å²) in [6.45, 7) is 0. The van der Waals surface area contributed by atoms with E-state index in [-0.39, 0.29) is 10.1 Å². The molecule has 0 spiro atoms. The van der Waals surface area contributed by atoms with Crippen LogP contribution in [0.5, 0.6) is 0 Å². The number of sulfonamides is 1. The van der Waals surface area contributed by atoms with Gasteiger partial charge in [-0.2, -0.15) is 8.42 Å². The topological polar surface area (TPSA) is 102 Å². The number of amides is 1. The number of benzene rings is 2. The van der Waals surface area contributed by atoms with E-state index < -0.39 is 15.9 Å².